The second-order valence-electron chi connectivity index (χ2n) is 4.40. The lowest BCUT2D eigenvalue weighted by atomic mass is 10.1. The highest BCUT2D eigenvalue weighted by Crippen LogP contribution is 2.38. The van der Waals surface area contributed by atoms with Crippen LogP contribution in [0, 0.1) is 0 Å². The summed E-state index contributed by atoms with van der Waals surface area (Å²) in [6.45, 7) is 3.25. The van der Waals surface area contributed by atoms with E-state index in [0.717, 1.165) is 6.07 Å². The number of alkyl halides is 3. The third kappa shape index (κ3) is 3.60. The van der Waals surface area contributed by atoms with Crippen LogP contribution >= 0.6 is 0 Å². The SMILES string of the molecule is CCO/N=C(\C)c1cc2c(cc1NS(=O)(=O)C(F)(F)F)OCO2. The standard InChI is InChI=1S/C12H13F3N2O5S/c1-3-22-16-7(2)8-4-10-11(21-6-20-10)5-9(8)17-23(18,19)12(13,14)15/h4-5,17H,3,6H2,1-2H3/b16-7+. The Morgan fingerprint density at radius 2 is 1.96 bits per heavy atom. The van der Waals surface area contributed by atoms with Crippen LogP contribution in [0.25, 0.3) is 0 Å². The summed E-state index contributed by atoms with van der Waals surface area (Å²) < 4.78 is 72.0. The Morgan fingerprint density at radius 3 is 2.52 bits per heavy atom. The summed E-state index contributed by atoms with van der Waals surface area (Å²) in [6.07, 6.45) is 0. The van der Waals surface area contributed by atoms with Gasteiger partial charge in [0, 0.05) is 11.6 Å². The molecule has 0 unspecified atom stereocenters. The normalized spacial score (nSPS) is 14.7. The molecule has 128 valence electrons. The van der Waals surface area contributed by atoms with Crippen molar-refractivity contribution in [2.75, 3.05) is 18.1 Å². The number of halogens is 3. The lowest BCUT2D eigenvalue weighted by Crippen LogP contribution is -2.30. The van der Waals surface area contributed by atoms with Crippen LogP contribution in [0.1, 0.15) is 19.4 Å². The third-order valence-corrected chi connectivity index (χ3v) is 3.88. The summed E-state index contributed by atoms with van der Waals surface area (Å²) in [5, 5.41) is 3.70. The summed E-state index contributed by atoms with van der Waals surface area (Å²) >= 11 is 0. The summed E-state index contributed by atoms with van der Waals surface area (Å²) in [6, 6.07) is 2.43. The zero-order valence-corrected chi connectivity index (χ0v) is 12.9. The molecule has 1 aliphatic rings. The first-order valence-corrected chi connectivity index (χ1v) is 7.83. The molecule has 23 heavy (non-hydrogen) atoms. The van der Waals surface area contributed by atoms with Gasteiger partial charge in [0.25, 0.3) is 0 Å². The maximum absolute atomic E-state index is 12.6. The van der Waals surface area contributed by atoms with E-state index < -0.39 is 15.5 Å². The fourth-order valence-electron chi connectivity index (χ4n) is 1.74. The molecule has 0 bridgehead atoms. The smallest absolute Gasteiger partial charge is 0.454 e. The lowest BCUT2D eigenvalue weighted by Gasteiger charge is -2.14. The molecule has 1 aromatic rings. The molecule has 0 fully saturated rings. The van der Waals surface area contributed by atoms with Crippen molar-refractivity contribution in [1.82, 2.24) is 0 Å². The van der Waals surface area contributed by atoms with Crippen molar-refractivity contribution in [3.63, 3.8) is 0 Å². The van der Waals surface area contributed by atoms with Crippen molar-refractivity contribution in [2.45, 2.75) is 19.4 Å². The van der Waals surface area contributed by atoms with E-state index in [9.17, 15) is 21.6 Å². The maximum atomic E-state index is 12.6. The van der Waals surface area contributed by atoms with Crippen LogP contribution in [0.3, 0.4) is 0 Å². The number of ether oxygens (including phenoxy) is 2. The maximum Gasteiger partial charge on any atom is 0.516 e. The van der Waals surface area contributed by atoms with Crippen LogP contribution in [0.15, 0.2) is 17.3 Å². The molecular weight excluding hydrogens is 341 g/mol. The fraction of sp³-hybridized carbons (Fsp3) is 0.417. The Hall–Kier alpha value is -2.17. The molecule has 1 aliphatic heterocycles. The molecular formula is C12H13F3N2O5S. The lowest BCUT2D eigenvalue weighted by molar-refractivity contribution is -0.0429. The van der Waals surface area contributed by atoms with Gasteiger partial charge in [0.15, 0.2) is 11.5 Å². The summed E-state index contributed by atoms with van der Waals surface area (Å²) in [5.41, 5.74) is -5.54. The highest BCUT2D eigenvalue weighted by atomic mass is 32.2. The van der Waals surface area contributed by atoms with Crippen molar-refractivity contribution in [3.05, 3.63) is 17.7 Å². The number of hydrogen-bond acceptors (Lipinski definition) is 6. The Kier molecular flexibility index (Phi) is 4.59. The van der Waals surface area contributed by atoms with Crippen LogP contribution in [0.4, 0.5) is 18.9 Å². The van der Waals surface area contributed by atoms with Gasteiger partial charge >= 0.3 is 15.5 Å². The number of nitrogens with one attached hydrogen (secondary N) is 1. The Morgan fingerprint density at radius 1 is 1.35 bits per heavy atom. The Labute approximate surface area is 130 Å². The first-order chi connectivity index (χ1) is 10.7. The predicted molar refractivity (Wildman–Crippen MR) is 75.0 cm³/mol. The van der Waals surface area contributed by atoms with Crippen LogP contribution in [-0.2, 0) is 14.9 Å². The molecule has 0 saturated carbocycles. The molecule has 7 nitrogen and oxygen atoms in total. The highest BCUT2D eigenvalue weighted by molar-refractivity contribution is 7.93. The van der Waals surface area contributed by atoms with Crippen molar-refractivity contribution in [1.29, 1.82) is 0 Å². The fourth-order valence-corrected chi connectivity index (χ4v) is 2.31. The predicted octanol–water partition coefficient (Wildman–Crippen LogP) is 2.44. The second kappa shape index (κ2) is 6.14. The van der Waals surface area contributed by atoms with Crippen LogP contribution in [0.2, 0.25) is 0 Å². The molecule has 0 aliphatic carbocycles. The molecule has 0 radical (unpaired) electrons. The van der Waals surface area contributed by atoms with Gasteiger partial charge in [-0.15, -0.1) is 0 Å². The summed E-state index contributed by atoms with van der Waals surface area (Å²) in [7, 11) is -5.59. The topological polar surface area (TPSA) is 86.2 Å². The van der Waals surface area contributed by atoms with Gasteiger partial charge in [0.2, 0.25) is 6.79 Å². The van der Waals surface area contributed by atoms with Gasteiger partial charge in [-0.3, -0.25) is 4.72 Å². The van der Waals surface area contributed by atoms with E-state index in [1.165, 1.54) is 17.7 Å². The molecule has 1 aromatic carbocycles. The summed E-state index contributed by atoms with van der Waals surface area (Å²) in [4.78, 5) is 4.84. The Bertz CT molecular complexity index is 731. The van der Waals surface area contributed by atoms with Crippen molar-refractivity contribution in [3.8, 4) is 11.5 Å². The minimum absolute atomic E-state index is 0.0792. The largest absolute Gasteiger partial charge is 0.516 e. The van der Waals surface area contributed by atoms with Gasteiger partial charge in [0.05, 0.1) is 11.4 Å². The number of fused-ring (bicyclic) bond motifs is 1. The van der Waals surface area contributed by atoms with Gasteiger partial charge in [-0.2, -0.15) is 21.6 Å². The van der Waals surface area contributed by atoms with E-state index in [1.54, 1.807) is 6.92 Å². The zero-order valence-electron chi connectivity index (χ0n) is 12.1. The van der Waals surface area contributed by atoms with Crippen molar-refractivity contribution < 1.29 is 35.9 Å². The molecule has 0 saturated heterocycles. The number of anilines is 1. The van der Waals surface area contributed by atoms with E-state index in [4.69, 9.17) is 14.3 Å². The molecule has 0 amide bonds. The van der Waals surface area contributed by atoms with E-state index >= 15 is 0 Å². The highest BCUT2D eigenvalue weighted by Gasteiger charge is 2.46. The number of sulfonamides is 1. The minimum atomic E-state index is -5.59. The van der Waals surface area contributed by atoms with Gasteiger partial charge < -0.3 is 14.3 Å². The molecule has 1 heterocycles. The third-order valence-electron chi connectivity index (χ3n) is 2.78. The van der Waals surface area contributed by atoms with E-state index in [0.29, 0.717) is 0 Å². The van der Waals surface area contributed by atoms with Crippen molar-refractivity contribution >= 4 is 21.4 Å². The average Bonchev–Trinajstić information content (AvgIpc) is 2.89. The molecule has 1 N–H and O–H groups in total. The molecule has 0 spiro atoms. The minimum Gasteiger partial charge on any atom is -0.454 e. The monoisotopic (exact) mass is 354 g/mol. The van der Waals surface area contributed by atoms with Crippen LogP contribution in [-0.4, -0.2) is 33.0 Å². The molecule has 11 heteroatoms. The first-order valence-electron chi connectivity index (χ1n) is 6.35. The number of nitrogens with zero attached hydrogens (tertiary/aromatic N) is 1. The Balaban J connectivity index is 2.49. The van der Waals surface area contributed by atoms with Crippen molar-refractivity contribution in [2.24, 2.45) is 5.16 Å². The van der Waals surface area contributed by atoms with E-state index in [1.807, 2.05) is 0 Å². The summed E-state index contributed by atoms with van der Waals surface area (Å²) in [5.74, 6) is 0.388. The van der Waals surface area contributed by atoms with E-state index in [-0.39, 0.29) is 41.9 Å². The van der Waals surface area contributed by atoms with Gasteiger partial charge in [-0.25, -0.2) is 0 Å². The number of oxime groups is 1. The van der Waals surface area contributed by atoms with Crippen LogP contribution in [0.5, 0.6) is 11.5 Å². The van der Waals surface area contributed by atoms with E-state index in [2.05, 4.69) is 5.16 Å². The molecule has 0 atom stereocenters. The number of benzene rings is 1. The van der Waals surface area contributed by atoms with Gasteiger partial charge in [-0.05, 0) is 19.9 Å². The quantitative estimate of drug-likeness (QED) is 0.648. The number of rotatable bonds is 5. The average molecular weight is 354 g/mol. The second-order valence-corrected chi connectivity index (χ2v) is 6.07. The van der Waals surface area contributed by atoms with Gasteiger partial charge in [0.1, 0.15) is 6.61 Å². The first kappa shape index (κ1) is 17.2. The number of hydrogen-bond donors (Lipinski definition) is 1. The molecule has 0 aromatic heterocycles. The molecule has 2 rings (SSSR count). The van der Waals surface area contributed by atoms with Gasteiger partial charge in [-0.1, -0.05) is 5.16 Å². The van der Waals surface area contributed by atoms with Crippen LogP contribution < -0.4 is 14.2 Å². The zero-order chi connectivity index (χ0) is 17.3.